The zero-order valence-electron chi connectivity index (χ0n) is 25.2. The summed E-state index contributed by atoms with van der Waals surface area (Å²) in [7, 11) is 0. The summed E-state index contributed by atoms with van der Waals surface area (Å²) in [5, 5.41) is 21.5. The van der Waals surface area contributed by atoms with Crippen LogP contribution in [0.5, 0.6) is 0 Å². The van der Waals surface area contributed by atoms with Gasteiger partial charge in [-0.2, -0.15) is 25.3 Å². The number of aliphatic carboxylic acids is 1. The molecule has 0 heterocycles. The summed E-state index contributed by atoms with van der Waals surface area (Å²) in [4.78, 5) is 82.5. The van der Waals surface area contributed by atoms with Gasteiger partial charge in [0.15, 0.2) is 11.9 Å². The molecule has 0 aromatic carbocycles. The van der Waals surface area contributed by atoms with Crippen molar-refractivity contribution in [2.24, 2.45) is 38.7 Å². The van der Waals surface area contributed by atoms with Crippen LogP contribution in [0.1, 0.15) is 39.5 Å². The topological polar surface area (TPSA) is 338 Å². The molecule has 0 saturated carbocycles. The third-order valence-electron chi connectivity index (χ3n) is 5.99. The van der Waals surface area contributed by atoms with Gasteiger partial charge in [0.25, 0.3) is 0 Å². The Morgan fingerprint density at radius 2 is 1.02 bits per heavy atom. The largest absolute Gasteiger partial charge is 0.480 e. The summed E-state index contributed by atoms with van der Waals surface area (Å²) in [5.74, 6) is -5.39. The molecule has 256 valence electrons. The molecule has 5 amide bonds. The number of rotatable bonds is 21. The van der Waals surface area contributed by atoms with E-state index in [1.165, 1.54) is 13.8 Å². The van der Waals surface area contributed by atoms with E-state index in [2.05, 4.69) is 61.8 Å². The van der Waals surface area contributed by atoms with Crippen molar-refractivity contribution in [2.75, 3.05) is 24.6 Å². The number of carbonyl (C=O) groups is 6. The van der Waals surface area contributed by atoms with Gasteiger partial charge in [0.05, 0.1) is 6.04 Å². The van der Waals surface area contributed by atoms with Crippen molar-refractivity contribution in [3.05, 3.63) is 0 Å². The van der Waals surface area contributed by atoms with Gasteiger partial charge >= 0.3 is 5.97 Å². The molecule has 0 aliphatic heterocycles. The van der Waals surface area contributed by atoms with E-state index in [9.17, 15) is 33.9 Å². The van der Waals surface area contributed by atoms with Crippen LogP contribution in [0.25, 0.3) is 0 Å². The van der Waals surface area contributed by atoms with E-state index in [1.54, 1.807) is 0 Å². The first-order valence-corrected chi connectivity index (χ1v) is 15.1. The van der Waals surface area contributed by atoms with E-state index in [1.807, 2.05) is 0 Å². The molecule has 16 N–H and O–H groups in total. The molecular formula is C24H46N12O7S2. The number of nitrogens with one attached hydrogen (secondary N) is 5. The minimum Gasteiger partial charge on any atom is -0.480 e. The highest BCUT2D eigenvalue weighted by molar-refractivity contribution is 7.80. The van der Waals surface area contributed by atoms with Crippen molar-refractivity contribution >= 4 is 72.7 Å². The van der Waals surface area contributed by atoms with E-state index >= 15 is 0 Å². The number of guanidine groups is 2. The van der Waals surface area contributed by atoms with Crippen LogP contribution in [-0.2, 0) is 28.8 Å². The summed E-state index contributed by atoms with van der Waals surface area (Å²) in [6, 6.07) is -6.90. The molecular weight excluding hydrogens is 632 g/mol. The van der Waals surface area contributed by atoms with E-state index in [0.717, 1.165) is 0 Å². The van der Waals surface area contributed by atoms with Gasteiger partial charge in [-0.15, -0.1) is 0 Å². The van der Waals surface area contributed by atoms with Crippen LogP contribution < -0.4 is 55.3 Å². The Bertz CT molecular complexity index is 1090. The summed E-state index contributed by atoms with van der Waals surface area (Å²) < 4.78 is 0. The quantitative estimate of drug-likeness (QED) is 0.0235. The lowest BCUT2D eigenvalue weighted by molar-refractivity contribution is -0.142. The molecule has 0 spiro atoms. The number of carboxylic acid groups (broad SMARTS) is 1. The van der Waals surface area contributed by atoms with Crippen LogP contribution >= 0.6 is 25.3 Å². The van der Waals surface area contributed by atoms with E-state index in [0.29, 0.717) is 6.42 Å². The van der Waals surface area contributed by atoms with E-state index in [4.69, 9.17) is 28.7 Å². The molecule has 0 bridgehead atoms. The van der Waals surface area contributed by atoms with Crippen LogP contribution in [0.3, 0.4) is 0 Å². The number of carboxylic acids is 1. The maximum absolute atomic E-state index is 13.0. The number of hydrogen-bond donors (Lipinski definition) is 13. The van der Waals surface area contributed by atoms with Gasteiger partial charge in [-0.1, -0.05) is 0 Å². The number of amides is 5. The molecule has 0 saturated heterocycles. The standard InChI is InChI=1S/C24H46N12O7S2/c1-11(17(37)32-12(2)18(38)35-15(22(42)43)6-4-8-31-24(28)29)33-21(41)16(10-45)36-20(40)14(5-3-7-30-23(26)27)34-19(39)13(25)9-44/h11-16,44-45H,3-10,25H2,1-2H3,(H,32,37)(H,33,41)(H,34,39)(H,35,38)(H,36,40)(H,42,43)(H4,26,27,30)(H4,28,29,31)/t11-,12-,13-,14-,15-,16-/m0/s1. The first-order chi connectivity index (χ1) is 21.0. The third-order valence-corrected chi connectivity index (χ3v) is 6.75. The number of thiol groups is 2. The monoisotopic (exact) mass is 678 g/mol. The lowest BCUT2D eigenvalue weighted by atomic mass is 10.1. The van der Waals surface area contributed by atoms with Crippen LogP contribution in [0.15, 0.2) is 9.98 Å². The van der Waals surface area contributed by atoms with E-state index in [-0.39, 0.29) is 55.8 Å². The van der Waals surface area contributed by atoms with Crippen molar-refractivity contribution in [3.8, 4) is 0 Å². The van der Waals surface area contributed by atoms with Crippen LogP contribution in [0, 0.1) is 0 Å². The molecule has 0 aliphatic rings. The normalized spacial score (nSPS) is 14.6. The molecule has 0 radical (unpaired) electrons. The van der Waals surface area contributed by atoms with Crippen LogP contribution in [-0.4, -0.2) is 113 Å². The minimum absolute atomic E-state index is 0.0247. The van der Waals surface area contributed by atoms with Gasteiger partial charge in [0, 0.05) is 24.6 Å². The summed E-state index contributed by atoms with van der Waals surface area (Å²) in [6.07, 6.45) is 0.714. The molecule has 0 rings (SSSR count). The second-order valence-corrected chi connectivity index (χ2v) is 10.6. The Kier molecular flexibility index (Phi) is 19.8. The highest BCUT2D eigenvalue weighted by atomic mass is 32.1. The average molecular weight is 679 g/mol. The smallest absolute Gasteiger partial charge is 0.326 e. The van der Waals surface area contributed by atoms with Crippen LogP contribution in [0.4, 0.5) is 0 Å². The van der Waals surface area contributed by atoms with Crippen molar-refractivity contribution in [3.63, 3.8) is 0 Å². The molecule has 19 nitrogen and oxygen atoms in total. The van der Waals surface area contributed by atoms with Gasteiger partial charge in [-0.05, 0) is 39.5 Å². The second-order valence-electron chi connectivity index (χ2n) is 9.85. The Morgan fingerprint density at radius 3 is 1.47 bits per heavy atom. The van der Waals surface area contributed by atoms with Gasteiger partial charge in [0.1, 0.15) is 30.2 Å². The highest BCUT2D eigenvalue weighted by Crippen LogP contribution is 2.03. The fraction of sp³-hybridized carbons (Fsp3) is 0.667. The van der Waals surface area contributed by atoms with Crippen molar-refractivity contribution in [1.82, 2.24) is 26.6 Å². The Hall–Kier alpha value is -3.98. The molecule has 45 heavy (non-hydrogen) atoms. The predicted octanol–water partition coefficient (Wildman–Crippen LogP) is -5.17. The predicted molar refractivity (Wildman–Crippen MR) is 174 cm³/mol. The highest BCUT2D eigenvalue weighted by Gasteiger charge is 2.30. The molecule has 0 aromatic heterocycles. The fourth-order valence-corrected chi connectivity index (χ4v) is 3.86. The van der Waals surface area contributed by atoms with Gasteiger partial charge in [-0.25, -0.2) is 4.79 Å². The third kappa shape index (κ3) is 17.2. The molecule has 6 atom stereocenters. The molecule has 0 aromatic rings. The fourth-order valence-electron chi connectivity index (χ4n) is 3.44. The average Bonchev–Trinajstić information content (AvgIpc) is 2.97. The van der Waals surface area contributed by atoms with Gasteiger partial charge in [-0.3, -0.25) is 34.0 Å². The van der Waals surface area contributed by atoms with Crippen molar-refractivity contribution in [2.45, 2.75) is 75.8 Å². The Balaban J connectivity index is 5.22. The first-order valence-electron chi connectivity index (χ1n) is 13.9. The number of nitrogens with zero attached hydrogens (tertiary/aromatic N) is 2. The van der Waals surface area contributed by atoms with Crippen LogP contribution in [0.2, 0.25) is 0 Å². The molecule has 21 heteroatoms. The minimum atomic E-state index is -1.29. The molecule has 0 aliphatic carbocycles. The summed E-state index contributed by atoms with van der Waals surface area (Å²) in [6.45, 7) is 3.01. The maximum atomic E-state index is 13.0. The summed E-state index contributed by atoms with van der Waals surface area (Å²) in [5.41, 5.74) is 26.8. The number of carbonyl (C=O) groups excluding carboxylic acids is 5. The lowest BCUT2D eigenvalue weighted by Gasteiger charge is -2.24. The zero-order valence-corrected chi connectivity index (χ0v) is 27.0. The zero-order chi connectivity index (χ0) is 34.7. The molecule has 0 unspecified atom stereocenters. The number of hydrogen-bond acceptors (Lipinski definition) is 11. The van der Waals surface area contributed by atoms with Gasteiger partial charge in [0.2, 0.25) is 29.5 Å². The number of aliphatic imine (C=N–C) groups is 2. The maximum Gasteiger partial charge on any atom is 0.326 e. The summed E-state index contributed by atoms with van der Waals surface area (Å²) >= 11 is 8.08. The first kappa shape index (κ1) is 41.0. The van der Waals surface area contributed by atoms with Crippen molar-refractivity contribution < 1.29 is 33.9 Å². The SMILES string of the molecule is C[C@H](NC(=O)[C@H](C)NC(=O)[C@H](CS)NC(=O)[C@H](CCCN=C(N)N)NC(=O)[C@@H](N)CS)C(=O)N[C@@H](CCCN=C(N)N)C(=O)O. The Morgan fingerprint density at radius 1 is 0.622 bits per heavy atom. The van der Waals surface area contributed by atoms with Crippen molar-refractivity contribution in [1.29, 1.82) is 0 Å². The second kappa shape index (κ2) is 21.7. The Labute approximate surface area is 271 Å². The molecule has 0 fully saturated rings. The number of nitrogens with two attached hydrogens (primary N) is 5. The van der Waals surface area contributed by atoms with Gasteiger partial charge < -0.3 is 60.4 Å². The lowest BCUT2D eigenvalue weighted by Crippen LogP contribution is -2.59. The van der Waals surface area contributed by atoms with E-state index < -0.39 is 71.8 Å².